The first-order valence-electron chi connectivity index (χ1n) is 5.53. The van der Waals surface area contributed by atoms with E-state index in [1.807, 2.05) is 31.2 Å². The molecule has 0 spiro atoms. The van der Waals surface area contributed by atoms with Gasteiger partial charge < -0.3 is 10.5 Å². The minimum atomic E-state index is 0.641. The molecule has 0 saturated heterocycles. The van der Waals surface area contributed by atoms with Crippen LogP contribution in [-0.4, -0.2) is 16.5 Å². The van der Waals surface area contributed by atoms with Crippen LogP contribution in [0, 0.1) is 6.92 Å². The molecule has 1 aromatic heterocycles. The predicted molar refractivity (Wildman–Crippen MR) is 66.0 cm³/mol. The number of benzene rings is 1. The molecule has 88 valence electrons. The number of aryl methyl sites for hydroxylation is 1. The van der Waals surface area contributed by atoms with E-state index in [2.05, 4.69) is 9.97 Å². The maximum Gasteiger partial charge on any atom is 0.164 e. The quantitative estimate of drug-likeness (QED) is 0.872. The lowest BCUT2D eigenvalue weighted by Gasteiger charge is -2.05. The molecular weight excluding hydrogens is 214 g/mol. The second-order valence-corrected chi connectivity index (χ2v) is 3.75. The van der Waals surface area contributed by atoms with Gasteiger partial charge in [0.2, 0.25) is 0 Å². The van der Waals surface area contributed by atoms with Gasteiger partial charge >= 0.3 is 0 Å². The highest BCUT2D eigenvalue weighted by atomic mass is 16.5. The molecule has 4 nitrogen and oxygen atoms in total. The zero-order chi connectivity index (χ0) is 12.1. The lowest BCUT2D eigenvalue weighted by molar-refractivity contribution is 0.476. The molecular formula is C13H15N3O. The van der Waals surface area contributed by atoms with Crippen molar-refractivity contribution < 1.29 is 4.74 Å². The molecule has 4 heteroatoms. The van der Waals surface area contributed by atoms with Crippen LogP contribution in [-0.2, 0) is 6.42 Å². The van der Waals surface area contributed by atoms with E-state index in [1.54, 1.807) is 12.4 Å². The first kappa shape index (κ1) is 11.5. The van der Waals surface area contributed by atoms with E-state index in [1.165, 1.54) is 5.56 Å². The van der Waals surface area contributed by atoms with Crippen LogP contribution in [0.5, 0.6) is 11.5 Å². The van der Waals surface area contributed by atoms with Gasteiger partial charge in [0.15, 0.2) is 5.75 Å². The third kappa shape index (κ3) is 3.26. The van der Waals surface area contributed by atoms with Crippen LogP contribution in [0.2, 0.25) is 0 Å². The molecule has 0 atom stereocenters. The number of hydrogen-bond donors (Lipinski definition) is 1. The average molecular weight is 229 g/mol. The van der Waals surface area contributed by atoms with Crippen molar-refractivity contribution in [2.75, 3.05) is 6.54 Å². The third-order valence-corrected chi connectivity index (χ3v) is 2.35. The lowest BCUT2D eigenvalue weighted by atomic mass is 10.1. The van der Waals surface area contributed by atoms with Gasteiger partial charge in [-0.15, -0.1) is 0 Å². The summed E-state index contributed by atoms with van der Waals surface area (Å²) in [6.07, 6.45) is 4.21. The molecule has 17 heavy (non-hydrogen) atoms. The Labute approximate surface area is 100 Å². The number of aromatic nitrogens is 2. The Bertz CT molecular complexity index is 465. The highest BCUT2D eigenvalue weighted by Crippen LogP contribution is 2.20. The van der Waals surface area contributed by atoms with E-state index in [-0.39, 0.29) is 0 Å². The molecule has 2 aromatic rings. The summed E-state index contributed by atoms with van der Waals surface area (Å²) in [5, 5.41) is 0. The maximum absolute atomic E-state index is 5.61. The molecule has 2 rings (SSSR count). The SMILES string of the molecule is Cc1ncc(Oc2ccc(CCN)cc2)cn1. The highest BCUT2D eigenvalue weighted by Gasteiger charge is 1.98. The Hall–Kier alpha value is -1.94. The fourth-order valence-corrected chi connectivity index (χ4v) is 1.46. The molecule has 0 unspecified atom stereocenters. The van der Waals surface area contributed by atoms with Crippen molar-refractivity contribution in [1.82, 2.24) is 9.97 Å². The lowest BCUT2D eigenvalue weighted by Crippen LogP contribution is -2.02. The standard InChI is InChI=1S/C13H15N3O/c1-10-15-8-13(9-16-10)17-12-4-2-11(3-5-12)6-7-14/h2-5,8-9H,6-7,14H2,1H3. The minimum absolute atomic E-state index is 0.641. The number of ether oxygens (including phenoxy) is 1. The van der Waals surface area contributed by atoms with Crippen molar-refractivity contribution in [3.8, 4) is 11.5 Å². The zero-order valence-corrected chi connectivity index (χ0v) is 9.76. The topological polar surface area (TPSA) is 61.0 Å². The normalized spacial score (nSPS) is 10.2. The molecule has 0 aliphatic heterocycles. The van der Waals surface area contributed by atoms with Gasteiger partial charge in [0.05, 0.1) is 12.4 Å². The molecule has 0 fully saturated rings. The summed E-state index contributed by atoms with van der Waals surface area (Å²) in [6.45, 7) is 2.50. The van der Waals surface area contributed by atoms with E-state index < -0.39 is 0 Å². The van der Waals surface area contributed by atoms with Gasteiger partial charge in [-0.3, -0.25) is 0 Å². The molecule has 0 radical (unpaired) electrons. The molecule has 0 aliphatic rings. The van der Waals surface area contributed by atoms with Gasteiger partial charge in [-0.2, -0.15) is 0 Å². The Balaban J connectivity index is 2.05. The summed E-state index contributed by atoms with van der Waals surface area (Å²) in [6, 6.07) is 7.87. The van der Waals surface area contributed by atoms with E-state index >= 15 is 0 Å². The molecule has 0 aliphatic carbocycles. The maximum atomic E-state index is 5.61. The van der Waals surface area contributed by atoms with Gasteiger partial charge in [0.25, 0.3) is 0 Å². The van der Waals surface area contributed by atoms with Gasteiger partial charge in [0, 0.05) is 0 Å². The third-order valence-electron chi connectivity index (χ3n) is 2.35. The van der Waals surface area contributed by atoms with Crippen LogP contribution in [0.25, 0.3) is 0 Å². The average Bonchev–Trinajstić information content (AvgIpc) is 2.35. The predicted octanol–water partition coefficient (Wildman–Crippen LogP) is 2.08. The number of nitrogens with two attached hydrogens (primary N) is 1. The Morgan fingerprint density at radius 2 is 1.71 bits per heavy atom. The van der Waals surface area contributed by atoms with Gasteiger partial charge in [0.1, 0.15) is 11.6 Å². The second kappa shape index (κ2) is 5.41. The minimum Gasteiger partial charge on any atom is -0.454 e. The van der Waals surface area contributed by atoms with Crippen molar-refractivity contribution >= 4 is 0 Å². The zero-order valence-electron chi connectivity index (χ0n) is 9.76. The first-order valence-corrected chi connectivity index (χ1v) is 5.53. The summed E-state index contributed by atoms with van der Waals surface area (Å²) >= 11 is 0. The van der Waals surface area contributed by atoms with Gasteiger partial charge in [-0.1, -0.05) is 12.1 Å². The molecule has 2 N–H and O–H groups in total. The summed E-state index contributed by atoms with van der Waals surface area (Å²) in [5.74, 6) is 2.15. The van der Waals surface area contributed by atoms with Crippen molar-refractivity contribution in [1.29, 1.82) is 0 Å². The van der Waals surface area contributed by atoms with E-state index in [0.717, 1.165) is 18.0 Å². The number of nitrogens with zero attached hydrogens (tertiary/aromatic N) is 2. The number of rotatable bonds is 4. The summed E-state index contributed by atoms with van der Waals surface area (Å²) in [7, 11) is 0. The number of hydrogen-bond acceptors (Lipinski definition) is 4. The smallest absolute Gasteiger partial charge is 0.164 e. The molecule has 1 heterocycles. The fourth-order valence-electron chi connectivity index (χ4n) is 1.46. The summed E-state index contributed by atoms with van der Waals surface area (Å²) < 4.78 is 5.61. The van der Waals surface area contributed by atoms with Crippen LogP contribution in [0.3, 0.4) is 0 Å². The first-order chi connectivity index (χ1) is 8.28. The van der Waals surface area contributed by atoms with Crippen LogP contribution < -0.4 is 10.5 Å². The summed E-state index contributed by atoms with van der Waals surface area (Å²) in [5.41, 5.74) is 6.70. The Morgan fingerprint density at radius 3 is 2.29 bits per heavy atom. The van der Waals surface area contributed by atoms with Crippen LogP contribution in [0.1, 0.15) is 11.4 Å². The van der Waals surface area contributed by atoms with E-state index in [4.69, 9.17) is 10.5 Å². The molecule has 0 amide bonds. The Kier molecular flexibility index (Phi) is 3.67. The second-order valence-electron chi connectivity index (χ2n) is 3.75. The largest absolute Gasteiger partial charge is 0.454 e. The highest BCUT2D eigenvalue weighted by molar-refractivity contribution is 5.31. The van der Waals surface area contributed by atoms with Gasteiger partial charge in [-0.25, -0.2) is 9.97 Å². The summed E-state index contributed by atoms with van der Waals surface area (Å²) in [4.78, 5) is 8.14. The monoisotopic (exact) mass is 229 g/mol. The fraction of sp³-hybridized carbons (Fsp3) is 0.231. The molecule has 0 saturated carbocycles. The molecule has 0 bridgehead atoms. The molecule has 1 aromatic carbocycles. The van der Waals surface area contributed by atoms with Crippen LogP contribution in [0.15, 0.2) is 36.7 Å². The van der Waals surface area contributed by atoms with Crippen molar-refractivity contribution in [2.45, 2.75) is 13.3 Å². The van der Waals surface area contributed by atoms with Crippen molar-refractivity contribution in [2.24, 2.45) is 5.73 Å². The van der Waals surface area contributed by atoms with Crippen molar-refractivity contribution in [3.05, 3.63) is 48.0 Å². The van der Waals surface area contributed by atoms with E-state index in [0.29, 0.717) is 12.3 Å². The Morgan fingerprint density at radius 1 is 1.06 bits per heavy atom. The van der Waals surface area contributed by atoms with Crippen LogP contribution >= 0.6 is 0 Å². The van der Waals surface area contributed by atoms with Crippen molar-refractivity contribution in [3.63, 3.8) is 0 Å². The van der Waals surface area contributed by atoms with E-state index in [9.17, 15) is 0 Å². The van der Waals surface area contributed by atoms with Crippen LogP contribution in [0.4, 0.5) is 0 Å². The van der Waals surface area contributed by atoms with Gasteiger partial charge in [-0.05, 0) is 37.6 Å².